The maximum absolute atomic E-state index is 12.9. The van der Waals surface area contributed by atoms with Crippen molar-refractivity contribution < 1.29 is 13.2 Å². The largest absolute Gasteiger partial charge is 0.325 e. The van der Waals surface area contributed by atoms with Gasteiger partial charge in [-0.3, -0.25) is 9.20 Å². The number of nitrogens with one attached hydrogen (secondary N) is 1. The number of sulfonamides is 1. The molecule has 4 rings (SSSR count). The van der Waals surface area contributed by atoms with Crippen molar-refractivity contribution in [1.82, 2.24) is 18.9 Å². The van der Waals surface area contributed by atoms with E-state index in [0.29, 0.717) is 23.9 Å². The van der Waals surface area contributed by atoms with Crippen molar-refractivity contribution in [3.63, 3.8) is 0 Å². The number of amides is 1. The summed E-state index contributed by atoms with van der Waals surface area (Å²) < 4.78 is 28.8. The molecule has 0 fully saturated rings. The van der Waals surface area contributed by atoms with Crippen LogP contribution in [0.15, 0.2) is 58.6 Å². The third-order valence-electron chi connectivity index (χ3n) is 6.01. The Bertz CT molecular complexity index is 1490. The number of fused-ring (bicyclic) bond motifs is 3. The Kier molecular flexibility index (Phi) is 7.16. The van der Waals surface area contributed by atoms with Gasteiger partial charge in [0.2, 0.25) is 15.9 Å². The van der Waals surface area contributed by atoms with Crippen molar-refractivity contribution in [2.24, 2.45) is 0 Å². The zero-order chi connectivity index (χ0) is 25.3. The van der Waals surface area contributed by atoms with E-state index in [1.165, 1.54) is 28.2 Å². The van der Waals surface area contributed by atoms with Gasteiger partial charge in [-0.05, 0) is 62.2 Å². The highest BCUT2D eigenvalue weighted by Gasteiger charge is 2.23. The van der Waals surface area contributed by atoms with E-state index in [2.05, 4.69) is 41.5 Å². The third-order valence-corrected chi connectivity index (χ3v) is 9.11. The lowest BCUT2D eigenvalue weighted by Gasteiger charge is -2.18. The second-order valence-electron chi connectivity index (χ2n) is 8.34. The molecule has 1 unspecified atom stereocenters. The Labute approximate surface area is 209 Å². The first-order valence-electron chi connectivity index (χ1n) is 11.5. The Balaban J connectivity index is 1.54. The van der Waals surface area contributed by atoms with Crippen LogP contribution in [0.25, 0.3) is 16.6 Å². The van der Waals surface area contributed by atoms with Crippen LogP contribution in [0, 0.1) is 13.8 Å². The molecular weight excluding hydrogens is 482 g/mol. The van der Waals surface area contributed by atoms with Crippen molar-refractivity contribution >= 4 is 49.9 Å². The minimum Gasteiger partial charge on any atom is -0.325 e. The molecule has 184 valence electrons. The average molecular weight is 512 g/mol. The third kappa shape index (κ3) is 4.78. The molecule has 1 amide bonds. The summed E-state index contributed by atoms with van der Waals surface area (Å²) in [6, 6.07) is 14.4. The standard InChI is InChI=1S/C25H29N5O3S2/c1-6-29(7-2)35(32,33)20-13-11-19(12-14-20)26-24(31)18(5)34-25-28-27-22-15-17(4)21-10-8-9-16(3)23(21)30(22)25/h8-15,18H,6-7H2,1-5H3,(H,26,31). The van der Waals surface area contributed by atoms with Gasteiger partial charge in [-0.15, -0.1) is 10.2 Å². The molecule has 2 aromatic heterocycles. The summed E-state index contributed by atoms with van der Waals surface area (Å²) in [4.78, 5) is 13.1. The minimum atomic E-state index is -3.54. The van der Waals surface area contributed by atoms with Gasteiger partial charge in [0.15, 0.2) is 10.8 Å². The number of hydrogen-bond acceptors (Lipinski definition) is 6. The highest BCUT2D eigenvalue weighted by Crippen LogP contribution is 2.30. The Morgan fingerprint density at radius 1 is 1.06 bits per heavy atom. The molecule has 10 heteroatoms. The number of thioether (sulfide) groups is 1. The van der Waals surface area contributed by atoms with Gasteiger partial charge in [-0.1, -0.05) is 43.8 Å². The number of benzene rings is 2. The van der Waals surface area contributed by atoms with Crippen LogP contribution < -0.4 is 5.32 Å². The van der Waals surface area contributed by atoms with E-state index in [1.807, 2.05) is 23.5 Å². The second-order valence-corrected chi connectivity index (χ2v) is 11.6. The fraction of sp³-hybridized carbons (Fsp3) is 0.320. The van der Waals surface area contributed by atoms with Gasteiger partial charge < -0.3 is 5.32 Å². The lowest BCUT2D eigenvalue weighted by Crippen LogP contribution is -2.30. The van der Waals surface area contributed by atoms with Crippen molar-refractivity contribution in [2.45, 2.75) is 49.9 Å². The molecule has 0 aliphatic rings. The van der Waals surface area contributed by atoms with Crippen LogP contribution in [-0.4, -0.2) is 51.6 Å². The van der Waals surface area contributed by atoms with Gasteiger partial charge in [0.1, 0.15) is 0 Å². The SMILES string of the molecule is CCN(CC)S(=O)(=O)c1ccc(NC(=O)C(C)Sc2nnc3cc(C)c4cccc(C)c4n23)cc1. The zero-order valence-corrected chi connectivity index (χ0v) is 22.1. The van der Waals surface area contributed by atoms with Crippen molar-refractivity contribution in [2.75, 3.05) is 18.4 Å². The van der Waals surface area contributed by atoms with Crippen LogP contribution in [0.2, 0.25) is 0 Å². The molecule has 0 aliphatic carbocycles. The van der Waals surface area contributed by atoms with Crippen LogP contribution in [0.4, 0.5) is 5.69 Å². The molecule has 0 saturated heterocycles. The Morgan fingerprint density at radius 3 is 2.40 bits per heavy atom. The maximum Gasteiger partial charge on any atom is 0.243 e. The van der Waals surface area contributed by atoms with E-state index >= 15 is 0 Å². The second kappa shape index (κ2) is 9.96. The number of carbonyl (C=O) groups excluding carboxylic acids is 1. The highest BCUT2D eigenvalue weighted by molar-refractivity contribution is 8.00. The van der Waals surface area contributed by atoms with Gasteiger partial charge in [0.25, 0.3) is 0 Å². The number of pyridine rings is 1. The van der Waals surface area contributed by atoms with E-state index < -0.39 is 15.3 Å². The summed E-state index contributed by atoms with van der Waals surface area (Å²) in [5, 5.41) is 12.9. The van der Waals surface area contributed by atoms with Crippen molar-refractivity contribution in [3.05, 3.63) is 59.7 Å². The fourth-order valence-corrected chi connectivity index (χ4v) is 6.40. The molecule has 1 N–H and O–H groups in total. The topological polar surface area (TPSA) is 96.7 Å². The van der Waals surface area contributed by atoms with Crippen molar-refractivity contribution in [1.29, 1.82) is 0 Å². The first-order chi connectivity index (χ1) is 16.7. The zero-order valence-electron chi connectivity index (χ0n) is 20.4. The molecule has 4 aromatic rings. The summed E-state index contributed by atoms with van der Waals surface area (Å²) in [5.41, 5.74) is 4.54. The summed E-state index contributed by atoms with van der Waals surface area (Å²) in [6.07, 6.45) is 0. The predicted octanol–water partition coefficient (Wildman–Crippen LogP) is 4.65. The average Bonchev–Trinajstić information content (AvgIpc) is 3.22. The predicted molar refractivity (Wildman–Crippen MR) is 140 cm³/mol. The van der Waals surface area contributed by atoms with Crippen LogP contribution >= 0.6 is 11.8 Å². The van der Waals surface area contributed by atoms with E-state index in [9.17, 15) is 13.2 Å². The molecule has 35 heavy (non-hydrogen) atoms. The number of anilines is 1. The maximum atomic E-state index is 12.9. The monoisotopic (exact) mass is 511 g/mol. The van der Waals surface area contributed by atoms with Gasteiger partial charge in [0.05, 0.1) is 15.7 Å². The van der Waals surface area contributed by atoms with Crippen LogP contribution in [-0.2, 0) is 14.8 Å². The Morgan fingerprint density at radius 2 is 1.74 bits per heavy atom. The number of hydrogen-bond donors (Lipinski definition) is 1. The van der Waals surface area contributed by atoms with E-state index in [4.69, 9.17) is 0 Å². The summed E-state index contributed by atoms with van der Waals surface area (Å²) in [7, 11) is -3.54. The number of aromatic nitrogens is 3. The summed E-state index contributed by atoms with van der Waals surface area (Å²) in [5.74, 6) is -0.209. The van der Waals surface area contributed by atoms with Crippen LogP contribution in [0.5, 0.6) is 0 Å². The van der Waals surface area contributed by atoms with Gasteiger partial charge >= 0.3 is 0 Å². The summed E-state index contributed by atoms with van der Waals surface area (Å²) in [6.45, 7) is 10.3. The number of rotatable bonds is 8. The fourth-order valence-electron chi connectivity index (χ4n) is 4.09. The minimum absolute atomic E-state index is 0.203. The van der Waals surface area contributed by atoms with Gasteiger partial charge in [-0.25, -0.2) is 8.42 Å². The highest BCUT2D eigenvalue weighted by atomic mass is 32.2. The molecule has 1 atom stereocenters. The van der Waals surface area contributed by atoms with E-state index in [0.717, 1.165) is 27.7 Å². The molecular formula is C25H29N5O3S2. The summed E-state index contributed by atoms with van der Waals surface area (Å²) >= 11 is 1.33. The van der Waals surface area contributed by atoms with E-state index in [-0.39, 0.29) is 10.8 Å². The van der Waals surface area contributed by atoms with Gasteiger partial charge in [-0.2, -0.15) is 4.31 Å². The van der Waals surface area contributed by atoms with Crippen molar-refractivity contribution in [3.8, 4) is 0 Å². The number of carbonyl (C=O) groups is 1. The smallest absolute Gasteiger partial charge is 0.243 e. The van der Waals surface area contributed by atoms with Gasteiger partial charge in [0, 0.05) is 24.2 Å². The van der Waals surface area contributed by atoms with Crippen LogP contribution in [0.3, 0.4) is 0 Å². The first kappa shape index (κ1) is 25.2. The lowest BCUT2D eigenvalue weighted by atomic mass is 10.1. The van der Waals surface area contributed by atoms with E-state index in [1.54, 1.807) is 26.0 Å². The lowest BCUT2D eigenvalue weighted by molar-refractivity contribution is -0.115. The first-order valence-corrected chi connectivity index (χ1v) is 13.8. The Hall–Kier alpha value is -2.95. The molecule has 0 aliphatic heterocycles. The molecule has 0 radical (unpaired) electrons. The normalized spacial score (nSPS) is 13.0. The molecule has 0 saturated carbocycles. The molecule has 0 spiro atoms. The number of para-hydroxylation sites is 1. The quantitative estimate of drug-likeness (QED) is 0.346. The molecule has 2 heterocycles. The molecule has 8 nitrogen and oxygen atoms in total. The van der Waals surface area contributed by atoms with Crippen LogP contribution in [0.1, 0.15) is 31.9 Å². The number of aryl methyl sites for hydroxylation is 2. The number of nitrogens with zero attached hydrogens (tertiary/aromatic N) is 4. The molecule has 0 bridgehead atoms. The molecule has 2 aromatic carbocycles.